The highest BCUT2D eigenvalue weighted by atomic mass is 14.9. The van der Waals surface area contributed by atoms with Gasteiger partial charge in [0.1, 0.15) is 0 Å². The van der Waals surface area contributed by atoms with E-state index in [0.717, 1.165) is 17.8 Å². The largest absolute Gasteiger partial charge is 0.381 e. The smallest absolute Gasteiger partial charge is 0.0641 e. The van der Waals surface area contributed by atoms with Crippen LogP contribution in [0.4, 0.5) is 5.69 Å². The Kier molecular flexibility index (Phi) is 3.09. The Balaban J connectivity index is 2.82. The summed E-state index contributed by atoms with van der Waals surface area (Å²) in [5.41, 5.74) is 2.13. The number of rotatable bonds is 3. The molecule has 0 unspecified atom stereocenters. The third kappa shape index (κ3) is 2.22. The van der Waals surface area contributed by atoms with E-state index < -0.39 is 0 Å². The second-order valence-electron chi connectivity index (χ2n) is 3.06. The van der Waals surface area contributed by atoms with E-state index in [1.807, 2.05) is 6.07 Å². The van der Waals surface area contributed by atoms with Crippen LogP contribution in [0.5, 0.6) is 0 Å². The van der Waals surface area contributed by atoms with Gasteiger partial charge in [-0.1, -0.05) is 6.92 Å². The molecule has 0 aliphatic heterocycles. The molecule has 1 heterocycles. The van der Waals surface area contributed by atoms with Gasteiger partial charge in [-0.2, -0.15) is 0 Å². The summed E-state index contributed by atoms with van der Waals surface area (Å²) < 4.78 is 0. The van der Waals surface area contributed by atoms with E-state index in [1.54, 1.807) is 6.20 Å². The van der Waals surface area contributed by atoms with Crippen LogP contribution in [0.25, 0.3) is 0 Å². The zero-order valence-electron chi connectivity index (χ0n) is 7.89. The summed E-state index contributed by atoms with van der Waals surface area (Å²) in [4.78, 5) is 4.26. The van der Waals surface area contributed by atoms with Gasteiger partial charge in [0.05, 0.1) is 11.4 Å². The van der Waals surface area contributed by atoms with Gasteiger partial charge < -0.3 is 5.32 Å². The Morgan fingerprint density at radius 1 is 1.58 bits per heavy atom. The third-order valence-electron chi connectivity index (χ3n) is 1.59. The fourth-order valence-corrected chi connectivity index (χ4v) is 1.08. The Hall–Kier alpha value is -1.05. The van der Waals surface area contributed by atoms with Gasteiger partial charge in [-0.15, -0.1) is 0 Å². The number of nitrogens with zero attached hydrogens (tertiary/aromatic N) is 1. The monoisotopic (exact) mass is 163 g/mol. The summed E-state index contributed by atoms with van der Waals surface area (Å²) in [6.45, 7) is 6.32. The van der Waals surface area contributed by atoms with Crippen molar-refractivity contribution in [2.45, 2.75) is 33.2 Å². The van der Waals surface area contributed by atoms with Crippen molar-refractivity contribution in [2.75, 3.05) is 5.32 Å². The van der Waals surface area contributed by atoms with Crippen LogP contribution in [0, 0.1) is 6.07 Å². The van der Waals surface area contributed by atoms with Crippen LogP contribution in [-0.2, 0) is 6.42 Å². The van der Waals surface area contributed by atoms with Crippen molar-refractivity contribution in [2.24, 2.45) is 0 Å². The molecule has 1 rings (SSSR count). The number of aryl methyl sites for hydroxylation is 1. The standard InChI is InChI=1S/C10H15N2/c1-4-9-10(12-8(2)3)6-5-7-11-9/h5,7-8,12H,4H2,1-3H3. The van der Waals surface area contributed by atoms with Gasteiger partial charge in [0.2, 0.25) is 0 Å². The van der Waals surface area contributed by atoms with Crippen molar-refractivity contribution in [3.63, 3.8) is 0 Å². The molecule has 0 amide bonds. The zero-order chi connectivity index (χ0) is 8.97. The quantitative estimate of drug-likeness (QED) is 0.739. The molecule has 0 fully saturated rings. The topological polar surface area (TPSA) is 24.9 Å². The molecule has 12 heavy (non-hydrogen) atoms. The molecule has 1 radical (unpaired) electrons. The molecule has 2 heteroatoms. The van der Waals surface area contributed by atoms with Crippen LogP contribution in [0.1, 0.15) is 26.5 Å². The first-order chi connectivity index (χ1) is 5.74. The lowest BCUT2D eigenvalue weighted by Gasteiger charge is -2.11. The molecule has 65 valence electrons. The summed E-state index contributed by atoms with van der Waals surface area (Å²) in [6.07, 6.45) is 2.73. The van der Waals surface area contributed by atoms with E-state index in [9.17, 15) is 0 Å². The molecule has 0 aromatic carbocycles. The normalized spacial score (nSPS) is 10.3. The number of aromatic nitrogens is 1. The molecule has 0 aliphatic carbocycles. The summed E-state index contributed by atoms with van der Waals surface area (Å²) in [5.74, 6) is 0. The molecule has 0 spiro atoms. The number of hydrogen-bond acceptors (Lipinski definition) is 2. The summed E-state index contributed by atoms with van der Waals surface area (Å²) in [7, 11) is 0. The van der Waals surface area contributed by atoms with Crippen molar-refractivity contribution in [1.82, 2.24) is 4.98 Å². The van der Waals surface area contributed by atoms with Crippen molar-refractivity contribution in [3.05, 3.63) is 24.0 Å². The molecule has 1 aromatic rings. The summed E-state index contributed by atoms with van der Waals surface area (Å²) in [5, 5.41) is 3.31. The minimum absolute atomic E-state index is 0.441. The van der Waals surface area contributed by atoms with E-state index in [-0.39, 0.29) is 0 Å². The number of nitrogens with one attached hydrogen (secondary N) is 1. The first-order valence-electron chi connectivity index (χ1n) is 4.36. The van der Waals surface area contributed by atoms with Crippen LogP contribution in [-0.4, -0.2) is 11.0 Å². The minimum atomic E-state index is 0.441. The van der Waals surface area contributed by atoms with Crippen molar-refractivity contribution in [3.8, 4) is 0 Å². The van der Waals surface area contributed by atoms with E-state index in [4.69, 9.17) is 0 Å². The minimum Gasteiger partial charge on any atom is -0.381 e. The molecule has 0 aliphatic rings. The Bertz CT molecular complexity index is 243. The molecule has 0 atom stereocenters. The maximum atomic E-state index is 4.26. The second kappa shape index (κ2) is 4.10. The van der Waals surface area contributed by atoms with Crippen molar-refractivity contribution in [1.29, 1.82) is 0 Å². The van der Waals surface area contributed by atoms with Gasteiger partial charge in [-0.05, 0) is 26.3 Å². The zero-order valence-corrected chi connectivity index (χ0v) is 7.89. The fraction of sp³-hybridized carbons (Fsp3) is 0.500. The Morgan fingerprint density at radius 3 is 2.92 bits per heavy atom. The van der Waals surface area contributed by atoms with Gasteiger partial charge in [-0.25, -0.2) is 0 Å². The van der Waals surface area contributed by atoms with Gasteiger partial charge >= 0.3 is 0 Å². The molecular weight excluding hydrogens is 148 g/mol. The fourth-order valence-electron chi connectivity index (χ4n) is 1.08. The highest BCUT2D eigenvalue weighted by Gasteiger charge is 2.01. The second-order valence-corrected chi connectivity index (χ2v) is 3.06. The van der Waals surface area contributed by atoms with Crippen LogP contribution in [0.3, 0.4) is 0 Å². The average Bonchev–Trinajstić information content (AvgIpc) is 2.04. The lowest BCUT2D eigenvalue weighted by atomic mass is 10.2. The first kappa shape index (κ1) is 9.04. The van der Waals surface area contributed by atoms with Gasteiger partial charge in [-0.3, -0.25) is 4.98 Å². The Morgan fingerprint density at radius 2 is 2.33 bits per heavy atom. The maximum Gasteiger partial charge on any atom is 0.0641 e. The highest BCUT2D eigenvalue weighted by molar-refractivity contribution is 5.46. The van der Waals surface area contributed by atoms with E-state index in [1.165, 1.54) is 0 Å². The summed E-state index contributed by atoms with van der Waals surface area (Å²) >= 11 is 0. The highest BCUT2D eigenvalue weighted by Crippen LogP contribution is 2.12. The van der Waals surface area contributed by atoms with E-state index >= 15 is 0 Å². The SMILES string of the molecule is CCc1ncc[c]c1NC(C)C. The number of pyridine rings is 1. The molecule has 0 bridgehead atoms. The van der Waals surface area contributed by atoms with Crippen LogP contribution < -0.4 is 5.32 Å². The molecule has 0 saturated heterocycles. The molecule has 2 nitrogen and oxygen atoms in total. The molecule has 1 aromatic heterocycles. The summed E-state index contributed by atoms with van der Waals surface area (Å²) in [6, 6.07) is 5.42. The van der Waals surface area contributed by atoms with Crippen LogP contribution in [0.15, 0.2) is 12.3 Å². The van der Waals surface area contributed by atoms with E-state index in [2.05, 4.69) is 37.1 Å². The lowest BCUT2D eigenvalue weighted by molar-refractivity contribution is 0.886. The first-order valence-corrected chi connectivity index (χ1v) is 4.36. The predicted octanol–water partition coefficient (Wildman–Crippen LogP) is 2.26. The lowest BCUT2D eigenvalue weighted by Crippen LogP contribution is -2.11. The van der Waals surface area contributed by atoms with Gasteiger partial charge in [0.15, 0.2) is 0 Å². The van der Waals surface area contributed by atoms with Gasteiger partial charge in [0, 0.05) is 18.3 Å². The van der Waals surface area contributed by atoms with Crippen LogP contribution in [0.2, 0.25) is 0 Å². The molecular formula is C10H15N2. The van der Waals surface area contributed by atoms with Crippen molar-refractivity contribution >= 4 is 5.69 Å². The van der Waals surface area contributed by atoms with E-state index in [0.29, 0.717) is 6.04 Å². The average molecular weight is 163 g/mol. The van der Waals surface area contributed by atoms with Crippen LogP contribution >= 0.6 is 0 Å². The Labute approximate surface area is 74.0 Å². The van der Waals surface area contributed by atoms with Gasteiger partial charge in [0.25, 0.3) is 0 Å². The molecule has 1 N–H and O–H groups in total. The van der Waals surface area contributed by atoms with Crippen molar-refractivity contribution < 1.29 is 0 Å². The maximum absolute atomic E-state index is 4.26. The number of hydrogen-bond donors (Lipinski definition) is 1. The predicted molar refractivity (Wildman–Crippen MR) is 51.2 cm³/mol. The number of anilines is 1. The molecule has 0 saturated carbocycles. The third-order valence-corrected chi connectivity index (χ3v) is 1.59.